The van der Waals surface area contributed by atoms with E-state index in [9.17, 15) is 31.1 Å². The van der Waals surface area contributed by atoms with E-state index in [1.165, 1.54) is 6.92 Å². The fraction of sp³-hybridized carbons (Fsp3) is 0.381. The van der Waals surface area contributed by atoms with Gasteiger partial charge in [0.15, 0.2) is 17.4 Å². The van der Waals surface area contributed by atoms with Gasteiger partial charge in [0.1, 0.15) is 24.0 Å². The third kappa shape index (κ3) is 3.69. The van der Waals surface area contributed by atoms with E-state index in [-0.39, 0.29) is 22.8 Å². The number of Topliss-reactive ketones (excluding diaryl/α,β-unsaturated/α-hetero) is 1. The van der Waals surface area contributed by atoms with Crippen LogP contribution in [0.3, 0.4) is 0 Å². The maximum atomic E-state index is 14.7. The Morgan fingerprint density at radius 2 is 2.00 bits per heavy atom. The summed E-state index contributed by atoms with van der Waals surface area (Å²) in [7, 11) is 0. The van der Waals surface area contributed by atoms with Crippen LogP contribution in [0.1, 0.15) is 39.2 Å². The number of carbonyl (C=O) groups is 1. The van der Waals surface area contributed by atoms with E-state index >= 15 is 0 Å². The van der Waals surface area contributed by atoms with Crippen LogP contribution >= 0.6 is 0 Å². The van der Waals surface area contributed by atoms with Crippen molar-refractivity contribution in [1.82, 2.24) is 4.98 Å². The topological polar surface area (TPSA) is 77.6 Å². The molecule has 1 saturated carbocycles. The molecule has 0 amide bonds. The highest BCUT2D eigenvalue weighted by molar-refractivity contribution is 5.97. The molecule has 32 heavy (non-hydrogen) atoms. The maximum absolute atomic E-state index is 14.7. The van der Waals surface area contributed by atoms with Crippen LogP contribution in [0, 0.1) is 24.5 Å². The van der Waals surface area contributed by atoms with Gasteiger partial charge in [-0.2, -0.15) is 13.2 Å². The summed E-state index contributed by atoms with van der Waals surface area (Å²) in [5.74, 6) is -3.88. The molecule has 0 saturated heterocycles. The number of aromatic nitrogens is 1. The Hall–Kier alpha value is -3.11. The van der Waals surface area contributed by atoms with E-state index in [1.807, 2.05) is 0 Å². The van der Waals surface area contributed by atoms with Crippen LogP contribution in [0.15, 0.2) is 29.4 Å². The van der Waals surface area contributed by atoms with Gasteiger partial charge in [-0.25, -0.2) is 18.2 Å². The fourth-order valence-electron chi connectivity index (χ4n) is 4.08. The first-order valence-electron chi connectivity index (χ1n) is 9.59. The second-order valence-electron chi connectivity index (χ2n) is 7.93. The van der Waals surface area contributed by atoms with Gasteiger partial charge in [0.25, 0.3) is 6.02 Å². The minimum Gasteiger partial charge on any atom is -0.462 e. The molecule has 0 radical (unpaired) electrons. The number of fused-ring (bicyclic) bond motifs is 1. The molecule has 170 valence electrons. The summed E-state index contributed by atoms with van der Waals surface area (Å²) >= 11 is 0. The quantitative estimate of drug-likeness (QED) is 0.544. The van der Waals surface area contributed by atoms with Gasteiger partial charge in [-0.3, -0.25) is 9.78 Å². The molecule has 3 atom stereocenters. The predicted molar refractivity (Wildman–Crippen MR) is 101 cm³/mol. The number of halogens is 6. The van der Waals surface area contributed by atoms with Crippen LogP contribution in [0.4, 0.5) is 26.3 Å². The van der Waals surface area contributed by atoms with Crippen LogP contribution in [0.25, 0.3) is 0 Å². The SMILES string of the molecule is Cc1cc(C(F)(F)F)cnc1C(=O)Cc1cc(F)c(F)c([C@]2(CF)N=C(N)O[C@H]3C[C@H]32)c1. The van der Waals surface area contributed by atoms with Crippen molar-refractivity contribution in [3.63, 3.8) is 0 Å². The van der Waals surface area contributed by atoms with Crippen molar-refractivity contribution >= 4 is 11.8 Å². The lowest BCUT2D eigenvalue weighted by Gasteiger charge is -2.31. The molecule has 1 aliphatic carbocycles. The number of amidine groups is 1. The number of benzene rings is 1. The number of rotatable bonds is 5. The molecule has 0 spiro atoms. The standard InChI is InChI=1S/C21H17F6N3O2/c1-9-2-11(21(25,26)27)7-29-18(9)15(31)5-10-3-13(17(24)14(23)4-10)20(8-22)12-6-16(12)32-19(28)30-20/h2-4,7,12,16H,5-6,8H2,1H3,(H2,28,30)/t12-,16+,20-/m1/s1. The normalized spacial score (nSPS) is 24.4. The smallest absolute Gasteiger partial charge is 0.417 e. The molecule has 0 bridgehead atoms. The number of hydrogen-bond donors (Lipinski definition) is 1. The molecule has 1 aliphatic heterocycles. The lowest BCUT2D eigenvalue weighted by atomic mass is 9.84. The van der Waals surface area contributed by atoms with Gasteiger partial charge in [-0.1, -0.05) is 0 Å². The zero-order valence-corrected chi connectivity index (χ0v) is 16.6. The summed E-state index contributed by atoms with van der Waals surface area (Å²) in [5.41, 5.74) is 2.14. The molecule has 11 heteroatoms. The van der Waals surface area contributed by atoms with E-state index in [2.05, 4.69) is 9.98 Å². The van der Waals surface area contributed by atoms with Gasteiger partial charge in [0.05, 0.1) is 5.56 Å². The largest absolute Gasteiger partial charge is 0.462 e. The van der Waals surface area contributed by atoms with Crippen molar-refractivity contribution in [2.45, 2.75) is 37.6 Å². The van der Waals surface area contributed by atoms with Gasteiger partial charge in [0, 0.05) is 24.1 Å². The molecule has 5 nitrogen and oxygen atoms in total. The van der Waals surface area contributed by atoms with Gasteiger partial charge >= 0.3 is 6.18 Å². The summed E-state index contributed by atoms with van der Waals surface area (Å²) in [5, 5.41) is 0. The van der Waals surface area contributed by atoms with Crippen LogP contribution < -0.4 is 5.73 Å². The average Bonchev–Trinajstić information content (AvgIpc) is 3.48. The Balaban J connectivity index is 1.69. The highest BCUT2D eigenvalue weighted by atomic mass is 19.4. The second-order valence-corrected chi connectivity index (χ2v) is 7.93. The maximum Gasteiger partial charge on any atom is 0.417 e. The second kappa shape index (κ2) is 7.49. The first kappa shape index (κ1) is 22.1. The third-order valence-corrected chi connectivity index (χ3v) is 5.72. The number of nitrogens with zero attached hydrogens (tertiary/aromatic N) is 2. The zero-order chi connectivity index (χ0) is 23.4. The molecule has 1 aromatic heterocycles. The van der Waals surface area contributed by atoms with Gasteiger partial charge in [-0.15, -0.1) is 0 Å². The number of pyridine rings is 1. The first-order valence-corrected chi connectivity index (χ1v) is 9.59. The Bertz CT molecular complexity index is 1130. The molecule has 1 aromatic carbocycles. The van der Waals surface area contributed by atoms with Crippen LogP contribution in [0.2, 0.25) is 0 Å². The van der Waals surface area contributed by atoms with E-state index in [4.69, 9.17) is 10.5 Å². The molecule has 4 rings (SSSR count). The summed E-state index contributed by atoms with van der Waals surface area (Å²) < 4.78 is 86.9. The van der Waals surface area contributed by atoms with E-state index in [0.717, 1.165) is 18.2 Å². The van der Waals surface area contributed by atoms with Crippen LogP contribution in [0.5, 0.6) is 0 Å². The average molecular weight is 457 g/mol. The summed E-state index contributed by atoms with van der Waals surface area (Å²) in [4.78, 5) is 20.2. The number of ketones is 1. The van der Waals surface area contributed by atoms with Crippen molar-refractivity contribution in [2.75, 3.05) is 6.67 Å². The van der Waals surface area contributed by atoms with Gasteiger partial charge in [-0.05, 0) is 42.7 Å². The van der Waals surface area contributed by atoms with Gasteiger partial charge in [0.2, 0.25) is 0 Å². The van der Waals surface area contributed by atoms with E-state index in [0.29, 0.717) is 12.6 Å². The Kier molecular flexibility index (Phi) is 5.17. The number of hydrogen-bond acceptors (Lipinski definition) is 5. The van der Waals surface area contributed by atoms with Crippen molar-refractivity contribution in [3.8, 4) is 0 Å². The molecule has 2 N–H and O–H groups in total. The zero-order valence-electron chi connectivity index (χ0n) is 16.6. The predicted octanol–water partition coefficient (Wildman–Crippen LogP) is 4.01. The summed E-state index contributed by atoms with van der Waals surface area (Å²) in [6.45, 7) is 0.128. The Morgan fingerprint density at radius 1 is 1.28 bits per heavy atom. The lowest BCUT2D eigenvalue weighted by Crippen LogP contribution is -2.40. The number of ether oxygens (including phenoxy) is 1. The van der Waals surface area contributed by atoms with Gasteiger partial charge < -0.3 is 10.5 Å². The number of carbonyl (C=O) groups excluding carboxylic acids is 1. The molecule has 1 fully saturated rings. The minimum absolute atomic E-state index is 0.00436. The van der Waals surface area contributed by atoms with E-state index in [1.54, 1.807) is 0 Å². The van der Waals surface area contributed by atoms with Crippen molar-refractivity contribution in [3.05, 3.63) is 64.0 Å². The third-order valence-electron chi connectivity index (χ3n) is 5.72. The number of nitrogens with two attached hydrogens (primary N) is 1. The van der Waals surface area contributed by atoms with Crippen LogP contribution in [-0.4, -0.2) is 29.6 Å². The highest BCUT2D eigenvalue weighted by Crippen LogP contribution is 2.53. The molecule has 0 unspecified atom stereocenters. The number of alkyl halides is 4. The number of aryl methyl sites for hydroxylation is 1. The molecule has 2 aromatic rings. The number of aliphatic imine (C=N–C) groups is 1. The molecular weight excluding hydrogens is 440 g/mol. The van der Waals surface area contributed by atoms with Crippen molar-refractivity contribution in [1.29, 1.82) is 0 Å². The fourth-order valence-corrected chi connectivity index (χ4v) is 4.08. The lowest BCUT2D eigenvalue weighted by molar-refractivity contribution is -0.137. The Morgan fingerprint density at radius 3 is 2.62 bits per heavy atom. The highest BCUT2D eigenvalue weighted by Gasteiger charge is 2.60. The minimum atomic E-state index is -4.62. The van der Waals surface area contributed by atoms with Crippen molar-refractivity contribution < 1.29 is 35.9 Å². The summed E-state index contributed by atoms with van der Waals surface area (Å²) in [6, 6.07) is 2.35. The van der Waals surface area contributed by atoms with E-state index < -0.39 is 65.4 Å². The molecular formula is C21H17F6N3O2. The molecule has 2 aliphatic rings. The van der Waals surface area contributed by atoms with Crippen LogP contribution in [-0.2, 0) is 22.9 Å². The Labute approximate surface area is 178 Å². The monoisotopic (exact) mass is 457 g/mol. The van der Waals surface area contributed by atoms with Crippen molar-refractivity contribution in [2.24, 2.45) is 16.6 Å². The summed E-state index contributed by atoms with van der Waals surface area (Å²) in [6.07, 6.45) is -4.69. The first-order chi connectivity index (χ1) is 15.0. The molecule has 2 heterocycles.